The highest BCUT2D eigenvalue weighted by atomic mass is 16.6. The van der Waals surface area contributed by atoms with Gasteiger partial charge in [0, 0.05) is 19.3 Å². The molecule has 0 N–H and O–H groups in total. The van der Waals surface area contributed by atoms with E-state index in [1.165, 1.54) is 96.3 Å². The second-order valence-electron chi connectivity index (χ2n) is 20.6. The molecular formula is C72H116O6. The van der Waals surface area contributed by atoms with Crippen LogP contribution in [0.4, 0.5) is 0 Å². The third kappa shape index (κ3) is 62.1. The molecule has 6 heteroatoms. The third-order valence-corrected chi connectivity index (χ3v) is 13.1. The summed E-state index contributed by atoms with van der Waals surface area (Å²) in [5.41, 5.74) is 0. The van der Waals surface area contributed by atoms with E-state index >= 15 is 0 Å². The Kier molecular flexibility index (Phi) is 60.9. The standard InChI is InChI=1S/C72H116O6/c1-4-7-10-13-16-19-22-25-28-31-33-34-35-36-37-38-40-41-44-47-50-53-56-59-62-65-71(74)77-68-69(67-76-70(73)64-61-58-55-52-49-46-43-30-27-24-21-18-15-12-9-6-3)78-72(75)66-63-60-57-54-51-48-45-42-39-32-29-26-23-20-17-14-11-8-5-2/h7-8,10-11,16-17,19-20,25-26,28-29,33-34,36-37,39-42,48,51,57,60,69H,4-6,9,12-15,18,21-24,27,30-32,35,38,43-47,49-50,52-56,58-59,61-68H2,1-3H3/b10-7-,11-8-,19-16-,20-17-,28-25-,29-26-,34-33-,37-36-,41-40-,42-39-,51-48-,60-57-. The lowest BCUT2D eigenvalue weighted by atomic mass is 10.0. The minimum Gasteiger partial charge on any atom is -0.462 e. The predicted molar refractivity (Wildman–Crippen MR) is 339 cm³/mol. The van der Waals surface area contributed by atoms with E-state index in [-0.39, 0.29) is 31.6 Å². The van der Waals surface area contributed by atoms with Gasteiger partial charge in [-0.15, -0.1) is 0 Å². The van der Waals surface area contributed by atoms with E-state index in [1.807, 2.05) is 6.08 Å². The van der Waals surface area contributed by atoms with Crippen LogP contribution in [0.3, 0.4) is 0 Å². The summed E-state index contributed by atoms with van der Waals surface area (Å²) in [6, 6.07) is 0. The van der Waals surface area contributed by atoms with Crippen molar-refractivity contribution in [3.8, 4) is 0 Å². The van der Waals surface area contributed by atoms with E-state index in [0.29, 0.717) is 19.3 Å². The molecule has 0 aliphatic carbocycles. The van der Waals surface area contributed by atoms with Gasteiger partial charge in [-0.05, 0) is 109 Å². The Morgan fingerprint density at radius 1 is 0.269 bits per heavy atom. The number of allylic oxidation sites excluding steroid dienone is 24. The molecule has 1 unspecified atom stereocenters. The molecule has 0 radical (unpaired) electrons. The minimum absolute atomic E-state index is 0.116. The zero-order valence-corrected chi connectivity index (χ0v) is 50.4. The average Bonchev–Trinajstić information content (AvgIpc) is 3.44. The lowest BCUT2D eigenvalue weighted by Crippen LogP contribution is -2.30. The van der Waals surface area contributed by atoms with E-state index in [9.17, 15) is 14.4 Å². The van der Waals surface area contributed by atoms with Crippen molar-refractivity contribution < 1.29 is 28.6 Å². The Morgan fingerprint density at radius 3 is 0.833 bits per heavy atom. The van der Waals surface area contributed by atoms with E-state index in [2.05, 4.69) is 161 Å². The topological polar surface area (TPSA) is 78.9 Å². The van der Waals surface area contributed by atoms with Gasteiger partial charge in [-0.2, -0.15) is 0 Å². The molecule has 0 aromatic rings. The van der Waals surface area contributed by atoms with Crippen molar-refractivity contribution in [2.75, 3.05) is 13.2 Å². The number of carbonyl (C=O) groups excluding carboxylic acids is 3. The van der Waals surface area contributed by atoms with E-state index in [4.69, 9.17) is 14.2 Å². The summed E-state index contributed by atoms with van der Waals surface area (Å²) in [6.07, 6.45) is 92.9. The first-order chi connectivity index (χ1) is 38.5. The first-order valence-electron chi connectivity index (χ1n) is 31.8. The molecule has 6 nitrogen and oxygen atoms in total. The Labute approximate surface area is 480 Å². The van der Waals surface area contributed by atoms with Gasteiger partial charge in [0.05, 0.1) is 0 Å². The molecule has 0 aliphatic rings. The lowest BCUT2D eigenvalue weighted by molar-refractivity contribution is -0.166. The van der Waals surface area contributed by atoms with Gasteiger partial charge in [-0.1, -0.05) is 289 Å². The molecule has 0 amide bonds. The third-order valence-electron chi connectivity index (χ3n) is 13.1. The van der Waals surface area contributed by atoms with E-state index < -0.39 is 12.1 Å². The van der Waals surface area contributed by atoms with Crippen molar-refractivity contribution >= 4 is 17.9 Å². The molecule has 0 saturated heterocycles. The van der Waals surface area contributed by atoms with Crippen molar-refractivity contribution in [1.29, 1.82) is 0 Å². The predicted octanol–water partition coefficient (Wildman–Crippen LogP) is 21.9. The maximum Gasteiger partial charge on any atom is 0.306 e. The van der Waals surface area contributed by atoms with E-state index in [0.717, 1.165) is 128 Å². The second kappa shape index (κ2) is 64.8. The highest BCUT2D eigenvalue weighted by Gasteiger charge is 2.19. The summed E-state index contributed by atoms with van der Waals surface area (Å²) >= 11 is 0. The van der Waals surface area contributed by atoms with Crippen LogP contribution >= 0.6 is 0 Å². The van der Waals surface area contributed by atoms with Crippen molar-refractivity contribution in [2.24, 2.45) is 0 Å². The van der Waals surface area contributed by atoms with Gasteiger partial charge in [0.2, 0.25) is 0 Å². The molecular weight excluding hydrogens is 961 g/mol. The highest BCUT2D eigenvalue weighted by Crippen LogP contribution is 2.15. The summed E-state index contributed by atoms with van der Waals surface area (Å²) in [5.74, 6) is -1.01. The van der Waals surface area contributed by atoms with Gasteiger partial charge in [0.1, 0.15) is 13.2 Å². The fraction of sp³-hybridized carbons (Fsp3) is 0.625. The molecule has 0 aromatic heterocycles. The monoisotopic (exact) mass is 1080 g/mol. The largest absolute Gasteiger partial charge is 0.462 e. The average molecular weight is 1080 g/mol. The van der Waals surface area contributed by atoms with Crippen LogP contribution in [0.25, 0.3) is 0 Å². The van der Waals surface area contributed by atoms with Gasteiger partial charge in [-0.25, -0.2) is 0 Å². The molecule has 0 fully saturated rings. The van der Waals surface area contributed by atoms with Crippen molar-refractivity contribution in [3.05, 3.63) is 146 Å². The number of carbonyl (C=O) groups is 3. The van der Waals surface area contributed by atoms with Crippen LogP contribution < -0.4 is 0 Å². The Hall–Kier alpha value is -4.71. The normalized spacial score (nSPS) is 13.1. The molecule has 0 rings (SSSR count). The molecule has 0 heterocycles. The molecule has 440 valence electrons. The fourth-order valence-electron chi connectivity index (χ4n) is 8.41. The number of rotatable bonds is 56. The zero-order valence-electron chi connectivity index (χ0n) is 50.4. The van der Waals surface area contributed by atoms with Gasteiger partial charge >= 0.3 is 17.9 Å². The Bertz CT molecular complexity index is 1710. The van der Waals surface area contributed by atoms with Crippen LogP contribution in [0, 0.1) is 0 Å². The van der Waals surface area contributed by atoms with Crippen LogP contribution in [0.5, 0.6) is 0 Å². The molecule has 0 bridgehead atoms. The van der Waals surface area contributed by atoms with Crippen LogP contribution in [-0.4, -0.2) is 37.2 Å². The molecule has 0 aliphatic heterocycles. The van der Waals surface area contributed by atoms with Gasteiger partial charge in [0.25, 0.3) is 0 Å². The number of hydrogen-bond donors (Lipinski definition) is 0. The molecule has 0 aromatic carbocycles. The SMILES string of the molecule is CC/C=C\C/C=C\C/C=C\C/C=C\C/C=C\C/C=C\CCCCCCCCC(=O)OCC(COC(=O)CCCCCCCCCCCCCCCCCC)OC(=O)CC/C=C\C/C=C\C/C=C\C/C=C\C/C=C\C/C=C\CC. The number of hydrogen-bond acceptors (Lipinski definition) is 6. The second-order valence-corrected chi connectivity index (χ2v) is 20.6. The molecule has 0 saturated carbocycles. The summed E-state index contributed by atoms with van der Waals surface area (Å²) in [5, 5.41) is 0. The highest BCUT2D eigenvalue weighted by molar-refractivity contribution is 5.71. The fourth-order valence-corrected chi connectivity index (χ4v) is 8.41. The summed E-state index contributed by atoms with van der Waals surface area (Å²) < 4.78 is 16.8. The maximum absolute atomic E-state index is 12.9. The van der Waals surface area contributed by atoms with Crippen molar-refractivity contribution in [2.45, 2.75) is 277 Å². The smallest absolute Gasteiger partial charge is 0.306 e. The van der Waals surface area contributed by atoms with E-state index in [1.54, 1.807) is 0 Å². The van der Waals surface area contributed by atoms with Gasteiger partial charge in [-0.3, -0.25) is 14.4 Å². The summed E-state index contributed by atoms with van der Waals surface area (Å²) in [7, 11) is 0. The number of ether oxygens (including phenoxy) is 3. The summed E-state index contributed by atoms with van der Waals surface area (Å²) in [6.45, 7) is 6.35. The van der Waals surface area contributed by atoms with Gasteiger partial charge in [0.15, 0.2) is 6.10 Å². The number of esters is 3. The van der Waals surface area contributed by atoms with Crippen LogP contribution in [0.2, 0.25) is 0 Å². The van der Waals surface area contributed by atoms with Crippen molar-refractivity contribution in [3.63, 3.8) is 0 Å². The maximum atomic E-state index is 12.9. The van der Waals surface area contributed by atoms with Crippen LogP contribution in [0.15, 0.2) is 146 Å². The number of unbranched alkanes of at least 4 members (excludes halogenated alkanes) is 21. The molecule has 0 spiro atoms. The van der Waals surface area contributed by atoms with Crippen molar-refractivity contribution in [1.82, 2.24) is 0 Å². The first kappa shape index (κ1) is 73.3. The van der Waals surface area contributed by atoms with Gasteiger partial charge < -0.3 is 14.2 Å². The molecule has 78 heavy (non-hydrogen) atoms. The first-order valence-corrected chi connectivity index (χ1v) is 31.8. The Balaban J connectivity index is 4.51. The minimum atomic E-state index is -0.831. The Morgan fingerprint density at radius 2 is 0.526 bits per heavy atom. The quantitative estimate of drug-likeness (QED) is 0.0261. The zero-order chi connectivity index (χ0) is 56.4. The van der Waals surface area contributed by atoms with Crippen LogP contribution in [0.1, 0.15) is 271 Å². The molecule has 1 atom stereocenters. The van der Waals surface area contributed by atoms with Crippen LogP contribution in [-0.2, 0) is 28.6 Å². The summed E-state index contributed by atoms with van der Waals surface area (Å²) in [4.78, 5) is 38.3. The lowest BCUT2D eigenvalue weighted by Gasteiger charge is -2.18.